The first-order chi connectivity index (χ1) is 14.1. The molecule has 0 unspecified atom stereocenters. The molecule has 0 saturated carbocycles. The lowest BCUT2D eigenvalue weighted by Gasteiger charge is -2.19. The van der Waals surface area contributed by atoms with Crippen molar-refractivity contribution in [3.8, 4) is 0 Å². The SMILES string of the molecule is O=C(N[C@@H](Cc1ccccc1)C(=O)NCC1=CCN(Br)O1)OCc1ccccc1. The molecule has 1 aliphatic rings. The fraction of sp³-hybridized carbons (Fsp3) is 0.238. The van der Waals surface area contributed by atoms with Crippen molar-refractivity contribution in [3.05, 3.63) is 83.6 Å². The minimum absolute atomic E-state index is 0.133. The molecule has 0 aromatic heterocycles. The van der Waals surface area contributed by atoms with E-state index in [-0.39, 0.29) is 19.1 Å². The Labute approximate surface area is 178 Å². The second kappa shape index (κ2) is 10.6. The van der Waals surface area contributed by atoms with Gasteiger partial charge in [0.25, 0.3) is 0 Å². The van der Waals surface area contributed by atoms with Crippen LogP contribution in [0.5, 0.6) is 0 Å². The lowest BCUT2D eigenvalue weighted by molar-refractivity contribution is -0.123. The Morgan fingerprint density at radius 3 is 2.34 bits per heavy atom. The molecular formula is C21H22BrN3O4. The standard InChI is InChI=1S/C21H22BrN3O4/c22-25-12-11-18(29-25)14-23-20(26)19(13-16-7-3-1-4-8-16)24-21(27)28-15-17-9-5-2-6-10-17/h1-11,19H,12-15H2,(H,23,26)(H,24,27)/t19-/m0/s1. The lowest BCUT2D eigenvalue weighted by atomic mass is 10.1. The summed E-state index contributed by atoms with van der Waals surface area (Å²) in [7, 11) is 0. The van der Waals surface area contributed by atoms with E-state index in [9.17, 15) is 9.59 Å². The summed E-state index contributed by atoms with van der Waals surface area (Å²) < 4.78 is 6.74. The number of ether oxygens (including phenoxy) is 1. The third kappa shape index (κ3) is 6.92. The molecule has 2 N–H and O–H groups in total. The van der Waals surface area contributed by atoms with E-state index in [0.29, 0.717) is 18.7 Å². The number of hydroxylamine groups is 1. The van der Waals surface area contributed by atoms with Gasteiger partial charge in [-0.3, -0.25) is 4.79 Å². The van der Waals surface area contributed by atoms with E-state index >= 15 is 0 Å². The van der Waals surface area contributed by atoms with Gasteiger partial charge in [0.05, 0.1) is 29.2 Å². The van der Waals surface area contributed by atoms with Gasteiger partial charge < -0.3 is 20.2 Å². The summed E-state index contributed by atoms with van der Waals surface area (Å²) in [6, 6.07) is 18.1. The third-order valence-electron chi connectivity index (χ3n) is 4.22. The van der Waals surface area contributed by atoms with Crippen LogP contribution >= 0.6 is 16.1 Å². The molecule has 152 valence electrons. The predicted molar refractivity (Wildman–Crippen MR) is 112 cm³/mol. The number of nitrogens with zero attached hydrogens (tertiary/aromatic N) is 1. The quantitative estimate of drug-likeness (QED) is 0.592. The Bertz CT molecular complexity index is 846. The van der Waals surface area contributed by atoms with Crippen LogP contribution in [0, 0.1) is 0 Å². The summed E-state index contributed by atoms with van der Waals surface area (Å²) in [5.41, 5.74) is 1.80. The number of benzene rings is 2. The van der Waals surface area contributed by atoms with Crippen molar-refractivity contribution in [3.63, 3.8) is 0 Å². The van der Waals surface area contributed by atoms with Crippen molar-refractivity contribution in [1.82, 2.24) is 14.7 Å². The zero-order chi connectivity index (χ0) is 20.5. The van der Waals surface area contributed by atoms with Gasteiger partial charge in [-0.25, -0.2) is 4.79 Å². The summed E-state index contributed by atoms with van der Waals surface area (Å²) in [5.74, 6) is 0.309. The van der Waals surface area contributed by atoms with E-state index in [1.165, 1.54) is 4.09 Å². The summed E-state index contributed by atoms with van der Waals surface area (Å²) in [6.45, 7) is 0.948. The monoisotopic (exact) mass is 459 g/mol. The van der Waals surface area contributed by atoms with E-state index in [0.717, 1.165) is 11.1 Å². The minimum atomic E-state index is -0.775. The van der Waals surface area contributed by atoms with Gasteiger partial charge >= 0.3 is 6.09 Å². The van der Waals surface area contributed by atoms with E-state index in [2.05, 4.69) is 26.8 Å². The molecule has 2 aromatic rings. The number of rotatable bonds is 8. The second-order valence-corrected chi connectivity index (χ2v) is 7.22. The number of amides is 2. The molecule has 0 radical (unpaired) electrons. The smallest absolute Gasteiger partial charge is 0.408 e. The van der Waals surface area contributed by atoms with E-state index in [4.69, 9.17) is 9.57 Å². The van der Waals surface area contributed by atoms with Crippen molar-refractivity contribution in [1.29, 1.82) is 0 Å². The Balaban J connectivity index is 1.57. The minimum Gasteiger partial charge on any atom is -0.445 e. The molecule has 29 heavy (non-hydrogen) atoms. The van der Waals surface area contributed by atoms with E-state index in [1.54, 1.807) is 0 Å². The van der Waals surface area contributed by atoms with Gasteiger partial charge in [0.1, 0.15) is 18.4 Å². The molecule has 0 bridgehead atoms. The summed E-state index contributed by atoms with van der Waals surface area (Å²) >= 11 is 3.20. The molecule has 3 rings (SSSR count). The first kappa shape index (κ1) is 20.9. The topological polar surface area (TPSA) is 79.9 Å². The molecule has 8 heteroatoms. The summed E-state index contributed by atoms with van der Waals surface area (Å²) in [6.07, 6.45) is 1.55. The van der Waals surface area contributed by atoms with Crippen LogP contribution in [0.15, 0.2) is 72.5 Å². The summed E-state index contributed by atoms with van der Waals surface area (Å²) in [4.78, 5) is 30.3. The maximum absolute atomic E-state index is 12.7. The highest BCUT2D eigenvalue weighted by molar-refractivity contribution is 9.07. The van der Waals surface area contributed by atoms with Crippen molar-refractivity contribution < 1.29 is 19.2 Å². The van der Waals surface area contributed by atoms with Crippen LogP contribution in [0.1, 0.15) is 11.1 Å². The molecule has 0 saturated heterocycles. The van der Waals surface area contributed by atoms with Crippen LogP contribution < -0.4 is 10.6 Å². The normalized spacial score (nSPS) is 14.4. The molecule has 0 fully saturated rings. The Hall–Kier alpha value is -2.84. The highest BCUT2D eigenvalue weighted by atomic mass is 79.9. The maximum Gasteiger partial charge on any atom is 0.408 e. The zero-order valence-electron chi connectivity index (χ0n) is 15.7. The number of halogens is 1. The van der Waals surface area contributed by atoms with Crippen LogP contribution in [0.25, 0.3) is 0 Å². The average molecular weight is 460 g/mol. The number of nitrogens with one attached hydrogen (secondary N) is 2. The molecule has 1 heterocycles. The number of hydrogen-bond donors (Lipinski definition) is 2. The molecule has 2 amide bonds. The van der Waals surface area contributed by atoms with Crippen LogP contribution in [-0.2, 0) is 27.4 Å². The third-order valence-corrected chi connectivity index (χ3v) is 4.65. The van der Waals surface area contributed by atoms with Crippen molar-refractivity contribution in [2.24, 2.45) is 0 Å². The van der Waals surface area contributed by atoms with Crippen molar-refractivity contribution >= 4 is 28.1 Å². The van der Waals surface area contributed by atoms with Crippen LogP contribution in [0.4, 0.5) is 4.79 Å². The van der Waals surface area contributed by atoms with Gasteiger partial charge in [-0.1, -0.05) is 64.8 Å². The van der Waals surface area contributed by atoms with Gasteiger partial charge in [-0.2, -0.15) is 0 Å². The van der Waals surface area contributed by atoms with Crippen LogP contribution in [-0.4, -0.2) is 35.2 Å². The van der Waals surface area contributed by atoms with Crippen molar-refractivity contribution in [2.45, 2.75) is 19.1 Å². The molecule has 1 atom stereocenters. The van der Waals surface area contributed by atoms with E-state index < -0.39 is 12.1 Å². The summed E-state index contributed by atoms with van der Waals surface area (Å²) in [5, 5.41) is 5.46. The molecule has 2 aromatic carbocycles. The highest BCUT2D eigenvalue weighted by Crippen LogP contribution is 2.14. The maximum atomic E-state index is 12.7. The fourth-order valence-electron chi connectivity index (χ4n) is 2.74. The predicted octanol–water partition coefficient (Wildman–Crippen LogP) is 3.08. The second-order valence-electron chi connectivity index (χ2n) is 6.43. The van der Waals surface area contributed by atoms with E-state index in [1.807, 2.05) is 66.7 Å². The van der Waals surface area contributed by atoms with Gasteiger partial charge in [0, 0.05) is 6.42 Å². The Morgan fingerprint density at radius 1 is 1.07 bits per heavy atom. The average Bonchev–Trinajstić information content (AvgIpc) is 3.17. The first-order valence-corrected chi connectivity index (χ1v) is 9.90. The highest BCUT2D eigenvalue weighted by Gasteiger charge is 2.23. The molecule has 1 aliphatic heterocycles. The van der Waals surface area contributed by atoms with Crippen LogP contribution in [0.2, 0.25) is 0 Å². The molecule has 0 spiro atoms. The lowest BCUT2D eigenvalue weighted by Crippen LogP contribution is -2.48. The number of carbonyl (C=O) groups is 2. The Morgan fingerprint density at radius 2 is 1.72 bits per heavy atom. The number of alkyl carbamates (subject to hydrolysis) is 1. The number of hydrogen-bond acceptors (Lipinski definition) is 5. The van der Waals surface area contributed by atoms with Crippen LogP contribution in [0.3, 0.4) is 0 Å². The zero-order valence-corrected chi connectivity index (χ0v) is 17.3. The largest absolute Gasteiger partial charge is 0.445 e. The molecular weight excluding hydrogens is 438 g/mol. The number of carbonyl (C=O) groups excluding carboxylic acids is 2. The fourth-order valence-corrected chi connectivity index (χ4v) is 3.07. The van der Waals surface area contributed by atoms with Gasteiger partial charge in [-0.15, -0.1) is 0 Å². The van der Waals surface area contributed by atoms with Gasteiger partial charge in [0.15, 0.2) is 0 Å². The van der Waals surface area contributed by atoms with Gasteiger partial charge in [0.2, 0.25) is 5.91 Å². The molecule has 7 nitrogen and oxygen atoms in total. The van der Waals surface area contributed by atoms with Gasteiger partial charge in [-0.05, 0) is 17.2 Å². The Kier molecular flexibility index (Phi) is 7.66. The van der Waals surface area contributed by atoms with Crippen molar-refractivity contribution in [2.75, 3.05) is 13.1 Å². The molecule has 0 aliphatic carbocycles. The first-order valence-electron chi connectivity index (χ1n) is 9.19.